The largest absolute Gasteiger partial charge is 0.321 e. The first-order valence-corrected chi connectivity index (χ1v) is 9.69. The van der Waals surface area contributed by atoms with Crippen LogP contribution >= 0.6 is 15.9 Å². The first-order chi connectivity index (χ1) is 14.5. The summed E-state index contributed by atoms with van der Waals surface area (Å²) in [7, 11) is 1.74. The molecule has 1 aromatic carbocycles. The molecular weight excluding hydrogens is 452 g/mol. The third-order valence-electron chi connectivity index (χ3n) is 4.11. The van der Waals surface area contributed by atoms with Crippen LogP contribution in [0, 0.1) is 0 Å². The standard InChI is InChI=1S/C19H17BrN8O2/c1-26-8-6-16(24-26)18(29)22-14-2-4-15(5-3-14)23-19(30)17-7-9-27(25-17)12-28-11-13(20)10-21-28/h2-11H,12H2,1H3,(H,22,29)(H,23,30). The molecule has 0 radical (unpaired) electrons. The maximum atomic E-state index is 12.4. The smallest absolute Gasteiger partial charge is 0.276 e. The van der Waals surface area contributed by atoms with Gasteiger partial charge in [-0.15, -0.1) is 0 Å². The van der Waals surface area contributed by atoms with E-state index in [2.05, 4.69) is 41.9 Å². The van der Waals surface area contributed by atoms with Gasteiger partial charge in [-0.3, -0.25) is 19.0 Å². The lowest BCUT2D eigenvalue weighted by Crippen LogP contribution is -2.15. The van der Waals surface area contributed by atoms with Gasteiger partial charge in [-0.1, -0.05) is 0 Å². The minimum absolute atomic E-state index is 0.286. The Bertz CT molecular complexity index is 1190. The number of amides is 2. The second kappa shape index (κ2) is 8.33. The minimum Gasteiger partial charge on any atom is -0.321 e. The van der Waals surface area contributed by atoms with Gasteiger partial charge in [-0.25, -0.2) is 4.68 Å². The molecule has 10 nitrogen and oxygen atoms in total. The summed E-state index contributed by atoms with van der Waals surface area (Å²) in [5.41, 5.74) is 1.79. The zero-order valence-corrected chi connectivity index (χ0v) is 17.4. The lowest BCUT2D eigenvalue weighted by molar-refractivity contribution is 0.101. The summed E-state index contributed by atoms with van der Waals surface area (Å²) in [6.45, 7) is 0.392. The Balaban J connectivity index is 1.35. The predicted molar refractivity (Wildman–Crippen MR) is 113 cm³/mol. The van der Waals surface area contributed by atoms with E-state index in [9.17, 15) is 9.59 Å². The molecule has 0 saturated carbocycles. The van der Waals surface area contributed by atoms with Gasteiger partial charge in [0.1, 0.15) is 6.67 Å². The van der Waals surface area contributed by atoms with Crippen molar-refractivity contribution < 1.29 is 9.59 Å². The lowest BCUT2D eigenvalue weighted by Gasteiger charge is -2.06. The van der Waals surface area contributed by atoms with Crippen molar-refractivity contribution >= 4 is 39.1 Å². The van der Waals surface area contributed by atoms with E-state index in [-0.39, 0.29) is 17.5 Å². The maximum Gasteiger partial charge on any atom is 0.276 e. The highest BCUT2D eigenvalue weighted by Crippen LogP contribution is 2.15. The Hall–Kier alpha value is -3.73. The highest BCUT2D eigenvalue weighted by atomic mass is 79.9. The number of nitrogens with one attached hydrogen (secondary N) is 2. The molecule has 0 fully saturated rings. The van der Waals surface area contributed by atoms with Gasteiger partial charge in [0.05, 0.1) is 10.7 Å². The number of halogens is 1. The van der Waals surface area contributed by atoms with Crippen LogP contribution in [0.25, 0.3) is 0 Å². The first kappa shape index (κ1) is 19.6. The highest BCUT2D eigenvalue weighted by molar-refractivity contribution is 9.10. The Morgan fingerprint density at radius 3 is 2.03 bits per heavy atom. The van der Waals surface area contributed by atoms with E-state index in [4.69, 9.17) is 0 Å². The Morgan fingerprint density at radius 1 is 0.900 bits per heavy atom. The quantitative estimate of drug-likeness (QED) is 0.451. The van der Waals surface area contributed by atoms with E-state index in [0.29, 0.717) is 23.7 Å². The van der Waals surface area contributed by atoms with Gasteiger partial charge < -0.3 is 10.6 Å². The molecule has 0 bridgehead atoms. The van der Waals surface area contributed by atoms with E-state index in [1.54, 1.807) is 76.1 Å². The number of nitrogens with zero attached hydrogens (tertiary/aromatic N) is 6. The Labute approximate surface area is 179 Å². The van der Waals surface area contributed by atoms with Crippen molar-refractivity contribution in [1.82, 2.24) is 29.3 Å². The van der Waals surface area contributed by atoms with Crippen LogP contribution in [0.1, 0.15) is 21.0 Å². The van der Waals surface area contributed by atoms with Gasteiger partial charge in [-0.05, 0) is 52.3 Å². The summed E-state index contributed by atoms with van der Waals surface area (Å²) < 4.78 is 5.73. The number of carbonyl (C=O) groups is 2. The molecule has 0 saturated heterocycles. The molecule has 2 amide bonds. The Kier molecular flexibility index (Phi) is 5.44. The summed E-state index contributed by atoms with van der Waals surface area (Å²) in [6, 6.07) is 10.1. The van der Waals surface area contributed by atoms with Crippen molar-refractivity contribution in [2.24, 2.45) is 7.05 Å². The number of benzene rings is 1. The summed E-state index contributed by atoms with van der Waals surface area (Å²) >= 11 is 3.34. The molecule has 0 unspecified atom stereocenters. The summed E-state index contributed by atoms with van der Waals surface area (Å²) in [5, 5.41) is 18.0. The van der Waals surface area contributed by atoms with E-state index in [1.165, 1.54) is 0 Å². The van der Waals surface area contributed by atoms with Crippen molar-refractivity contribution in [3.8, 4) is 0 Å². The van der Waals surface area contributed by atoms with Crippen molar-refractivity contribution in [3.63, 3.8) is 0 Å². The van der Waals surface area contributed by atoms with Crippen LogP contribution in [0.5, 0.6) is 0 Å². The number of carbonyl (C=O) groups excluding carboxylic acids is 2. The maximum absolute atomic E-state index is 12.4. The minimum atomic E-state index is -0.333. The molecule has 2 N–H and O–H groups in total. The van der Waals surface area contributed by atoms with Crippen molar-refractivity contribution in [2.75, 3.05) is 10.6 Å². The van der Waals surface area contributed by atoms with Gasteiger partial charge in [0, 0.05) is 37.0 Å². The molecular formula is C19H17BrN8O2. The van der Waals surface area contributed by atoms with E-state index < -0.39 is 0 Å². The van der Waals surface area contributed by atoms with Gasteiger partial charge in [0.2, 0.25) is 0 Å². The number of rotatable bonds is 6. The van der Waals surface area contributed by atoms with Crippen LogP contribution < -0.4 is 10.6 Å². The molecule has 0 aliphatic rings. The average molecular weight is 469 g/mol. The fraction of sp³-hybridized carbons (Fsp3) is 0.105. The fourth-order valence-corrected chi connectivity index (χ4v) is 3.02. The topological polar surface area (TPSA) is 112 Å². The van der Waals surface area contributed by atoms with Gasteiger partial charge in [-0.2, -0.15) is 15.3 Å². The third kappa shape index (κ3) is 4.63. The fourth-order valence-electron chi connectivity index (χ4n) is 2.69. The molecule has 4 aromatic rings. The van der Waals surface area contributed by atoms with Crippen LogP contribution in [-0.2, 0) is 13.7 Å². The molecule has 0 aliphatic carbocycles. The second-order valence-corrected chi connectivity index (χ2v) is 7.36. The number of hydrogen-bond donors (Lipinski definition) is 2. The SMILES string of the molecule is Cn1ccc(C(=O)Nc2ccc(NC(=O)c3ccn(Cn4cc(Br)cn4)n3)cc2)n1. The van der Waals surface area contributed by atoms with Crippen LogP contribution in [0.15, 0.2) is 65.7 Å². The number of anilines is 2. The van der Waals surface area contributed by atoms with Crippen LogP contribution in [-0.4, -0.2) is 41.2 Å². The normalized spacial score (nSPS) is 10.7. The molecule has 3 aromatic heterocycles. The lowest BCUT2D eigenvalue weighted by atomic mass is 10.2. The molecule has 30 heavy (non-hydrogen) atoms. The summed E-state index contributed by atoms with van der Waals surface area (Å²) in [5.74, 6) is -0.636. The number of aryl methyl sites for hydroxylation is 1. The average Bonchev–Trinajstić information content (AvgIpc) is 3.45. The van der Waals surface area contributed by atoms with E-state index in [1.807, 2.05) is 6.20 Å². The summed E-state index contributed by atoms with van der Waals surface area (Å²) in [6.07, 6.45) is 6.90. The van der Waals surface area contributed by atoms with Crippen molar-refractivity contribution in [1.29, 1.82) is 0 Å². The summed E-state index contributed by atoms with van der Waals surface area (Å²) in [4.78, 5) is 24.6. The van der Waals surface area contributed by atoms with E-state index >= 15 is 0 Å². The molecule has 152 valence electrons. The molecule has 0 spiro atoms. The zero-order chi connectivity index (χ0) is 21.1. The zero-order valence-electron chi connectivity index (χ0n) is 15.9. The van der Waals surface area contributed by atoms with Crippen LogP contribution in [0.2, 0.25) is 0 Å². The predicted octanol–water partition coefficient (Wildman–Crippen LogP) is 2.59. The molecule has 4 rings (SSSR count). The molecule has 11 heteroatoms. The monoisotopic (exact) mass is 468 g/mol. The van der Waals surface area contributed by atoms with Crippen LogP contribution in [0.4, 0.5) is 11.4 Å². The van der Waals surface area contributed by atoms with Crippen molar-refractivity contribution in [2.45, 2.75) is 6.67 Å². The number of hydrogen-bond acceptors (Lipinski definition) is 5. The molecule has 0 aliphatic heterocycles. The highest BCUT2D eigenvalue weighted by Gasteiger charge is 2.12. The Morgan fingerprint density at radius 2 is 1.50 bits per heavy atom. The molecule has 3 heterocycles. The second-order valence-electron chi connectivity index (χ2n) is 6.44. The third-order valence-corrected chi connectivity index (χ3v) is 4.52. The van der Waals surface area contributed by atoms with Crippen LogP contribution in [0.3, 0.4) is 0 Å². The van der Waals surface area contributed by atoms with E-state index in [0.717, 1.165) is 4.47 Å². The van der Waals surface area contributed by atoms with Crippen molar-refractivity contribution in [3.05, 3.63) is 77.0 Å². The number of aromatic nitrogens is 6. The molecule has 0 atom stereocenters. The van der Waals surface area contributed by atoms with Gasteiger partial charge in [0.25, 0.3) is 11.8 Å². The van der Waals surface area contributed by atoms with Gasteiger partial charge >= 0.3 is 0 Å². The van der Waals surface area contributed by atoms with Gasteiger partial charge in [0.15, 0.2) is 11.4 Å². The first-order valence-electron chi connectivity index (χ1n) is 8.90.